The van der Waals surface area contributed by atoms with Gasteiger partial charge in [0.2, 0.25) is 5.91 Å². The molecule has 2 N–H and O–H groups in total. The highest BCUT2D eigenvalue weighted by Crippen LogP contribution is 2.20. The summed E-state index contributed by atoms with van der Waals surface area (Å²) in [6.45, 7) is 0.330. The normalized spacial score (nSPS) is 10.3. The largest absolute Gasteiger partial charge is 0.359 e. The minimum Gasteiger partial charge on any atom is -0.359 e. The van der Waals surface area contributed by atoms with Crippen LogP contribution < -0.4 is 10.6 Å². The molecule has 4 nitrogen and oxygen atoms in total. The quantitative estimate of drug-likeness (QED) is 0.902. The highest BCUT2D eigenvalue weighted by atomic mass is 79.9. The zero-order valence-corrected chi connectivity index (χ0v) is 12.7. The Morgan fingerprint density at radius 1 is 1.10 bits per heavy atom. The standard InChI is InChI=1S/C15H15BrN2O2/c1-17-14(19)6-7-18-15(20)12-3-2-11-9-13(16)5-4-10(11)8-12/h2-5,8-9H,6-7H2,1H3,(H,17,19)(H,18,20). The summed E-state index contributed by atoms with van der Waals surface area (Å²) in [6, 6.07) is 11.4. The van der Waals surface area contributed by atoms with Crippen molar-refractivity contribution in [1.29, 1.82) is 0 Å². The van der Waals surface area contributed by atoms with E-state index in [1.165, 1.54) is 0 Å². The van der Waals surface area contributed by atoms with Gasteiger partial charge in [-0.1, -0.05) is 28.1 Å². The number of carbonyl (C=O) groups excluding carboxylic acids is 2. The molecule has 0 aliphatic heterocycles. The molecule has 0 saturated heterocycles. The number of amides is 2. The number of hydrogen-bond acceptors (Lipinski definition) is 2. The van der Waals surface area contributed by atoms with Crippen molar-refractivity contribution in [3.05, 3.63) is 46.4 Å². The maximum absolute atomic E-state index is 12.0. The van der Waals surface area contributed by atoms with Crippen LogP contribution in [0, 0.1) is 0 Å². The van der Waals surface area contributed by atoms with Gasteiger partial charge in [-0.05, 0) is 35.0 Å². The SMILES string of the molecule is CNC(=O)CCNC(=O)c1ccc2cc(Br)ccc2c1. The Balaban J connectivity index is 2.07. The summed E-state index contributed by atoms with van der Waals surface area (Å²) in [6.07, 6.45) is 0.281. The molecule has 0 aliphatic rings. The van der Waals surface area contributed by atoms with E-state index in [2.05, 4.69) is 26.6 Å². The van der Waals surface area contributed by atoms with E-state index in [9.17, 15) is 9.59 Å². The molecule has 0 heterocycles. The molecule has 5 heteroatoms. The lowest BCUT2D eigenvalue weighted by atomic mass is 10.1. The van der Waals surface area contributed by atoms with E-state index >= 15 is 0 Å². The molecule has 0 saturated carbocycles. The van der Waals surface area contributed by atoms with Crippen molar-refractivity contribution in [2.45, 2.75) is 6.42 Å². The van der Waals surface area contributed by atoms with Crippen LogP contribution >= 0.6 is 15.9 Å². The zero-order valence-electron chi connectivity index (χ0n) is 11.1. The lowest BCUT2D eigenvalue weighted by Gasteiger charge is -2.06. The van der Waals surface area contributed by atoms with Gasteiger partial charge in [0.25, 0.3) is 5.91 Å². The third-order valence-electron chi connectivity index (χ3n) is 2.98. The average molecular weight is 335 g/mol. The van der Waals surface area contributed by atoms with E-state index in [0.717, 1.165) is 15.2 Å². The van der Waals surface area contributed by atoms with Gasteiger partial charge in [0.15, 0.2) is 0 Å². The molecule has 2 aromatic rings. The van der Waals surface area contributed by atoms with Gasteiger partial charge in [-0.3, -0.25) is 9.59 Å². The van der Waals surface area contributed by atoms with Crippen LogP contribution in [0.5, 0.6) is 0 Å². The van der Waals surface area contributed by atoms with Gasteiger partial charge in [-0.15, -0.1) is 0 Å². The van der Waals surface area contributed by atoms with E-state index in [4.69, 9.17) is 0 Å². The smallest absolute Gasteiger partial charge is 0.251 e. The summed E-state index contributed by atoms with van der Waals surface area (Å²) in [5, 5.41) is 7.32. The molecule has 0 atom stereocenters. The van der Waals surface area contributed by atoms with Crippen molar-refractivity contribution >= 4 is 38.5 Å². The number of hydrogen-bond donors (Lipinski definition) is 2. The molecule has 0 radical (unpaired) electrons. The highest BCUT2D eigenvalue weighted by molar-refractivity contribution is 9.10. The third-order valence-corrected chi connectivity index (χ3v) is 3.47. The van der Waals surface area contributed by atoms with Gasteiger partial charge in [-0.25, -0.2) is 0 Å². The molecule has 0 unspecified atom stereocenters. The van der Waals surface area contributed by atoms with Crippen molar-refractivity contribution in [2.75, 3.05) is 13.6 Å². The molecule has 0 aliphatic carbocycles. The second-order valence-electron chi connectivity index (χ2n) is 4.39. The van der Waals surface area contributed by atoms with Gasteiger partial charge >= 0.3 is 0 Å². The number of benzene rings is 2. The molecule has 104 valence electrons. The molecule has 2 amide bonds. The number of halogens is 1. The molecule has 2 aromatic carbocycles. The summed E-state index contributed by atoms with van der Waals surface area (Å²) < 4.78 is 1.01. The lowest BCUT2D eigenvalue weighted by molar-refractivity contribution is -0.120. The molecule has 0 aromatic heterocycles. The van der Waals surface area contributed by atoms with E-state index < -0.39 is 0 Å². The van der Waals surface area contributed by atoms with Crippen molar-refractivity contribution < 1.29 is 9.59 Å². The summed E-state index contributed by atoms with van der Waals surface area (Å²) in [5.41, 5.74) is 0.594. The summed E-state index contributed by atoms with van der Waals surface area (Å²) in [5.74, 6) is -0.257. The van der Waals surface area contributed by atoms with Crippen LogP contribution in [0.25, 0.3) is 10.8 Å². The number of nitrogens with one attached hydrogen (secondary N) is 2. The van der Waals surface area contributed by atoms with Gasteiger partial charge in [0.05, 0.1) is 0 Å². The van der Waals surface area contributed by atoms with Crippen molar-refractivity contribution in [2.24, 2.45) is 0 Å². The van der Waals surface area contributed by atoms with Crippen LogP contribution in [0.1, 0.15) is 16.8 Å². The fourth-order valence-corrected chi connectivity index (χ4v) is 2.25. The molecule has 2 rings (SSSR count). The Hall–Kier alpha value is -1.88. The van der Waals surface area contributed by atoms with Crippen LogP contribution in [0.4, 0.5) is 0 Å². The van der Waals surface area contributed by atoms with Crippen LogP contribution in [0.2, 0.25) is 0 Å². The van der Waals surface area contributed by atoms with Crippen LogP contribution in [-0.2, 0) is 4.79 Å². The minimum atomic E-state index is -0.168. The van der Waals surface area contributed by atoms with E-state index in [1.807, 2.05) is 30.3 Å². The predicted molar refractivity (Wildman–Crippen MR) is 82.7 cm³/mol. The molecular formula is C15H15BrN2O2. The lowest BCUT2D eigenvalue weighted by Crippen LogP contribution is -2.29. The fourth-order valence-electron chi connectivity index (χ4n) is 1.87. The van der Waals surface area contributed by atoms with Crippen LogP contribution in [-0.4, -0.2) is 25.4 Å². The summed E-state index contributed by atoms with van der Waals surface area (Å²) >= 11 is 3.42. The molecule has 20 heavy (non-hydrogen) atoms. The number of carbonyl (C=O) groups is 2. The van der Waals surface area contributed by atoms with E-state index in [-0.39, 0.29) is 18.2 Å². The first kappa shape index (κ1) is 14.5. The fraction of sp³-hybridized carbons (Fsp3) is 0.200. The number of rotatable bonds is 4. The van der Waals surface area contributed by atoms with Crippen LogP contribution in [0.15, 0.2) is 40.9 Å². The predicted octanol–water partition coefficient (Wildman–Crippen LogP) is 2.47. The Labute approximate surface area is 125 Å². The number of fused-ring (bicyclic) bond motifs is 1. The van der Waals surface area contributed by atoms with Gasteiger partial charge in [0.1, 0.15) is 0 Å². The second kappa shape index (κ2) is 6.52. The van der Waals surface area contributed by atoms with Gasteiger partial charge in [-0.2, -0.15) is 0 Å². The first-order valence-corrected chi connectivity index (χ1v) is 7.07. The van der Waals surface area contributed by atoms with Gasteiger partial charge < -0.3 is 10.6 Å². The van der Waals surface area contributed by atoms with E-state index in [1.54, 1.807) is 13.1 Å². The van der Waals surface area contributed by atoms with Crippen molar-refractivity contribution in [3.63, 3.8) is 0 Å². The molecule has 0 bridgehead atoms. The zero-order chi connectivity index (χ0) is 14.5. The maximum Gasteiger partial charge on any atom is 0.251 e. The monoisotopic (exact) mass is 334 g/mol. The summed E-state index contributed by atoms with van der Waals surface area (Å²) in [4.78, 5) is 23.0. The molecule has 0 spiro atoms. The Kier molecular flexibility index (Phi) is 4.74. The van der Waals surface area contributed by atoms with Crippen LogP contribution in [0.3, 0.4) is 0 Å². The first-order valence-electron chi connectivity index (χ1n) is 6.28. The topological polar surface area (TPSA) is 58.2 Å². The second-order valence-corrected chi connectivity index (χ2v) is 5.30. The Morgan fingerprint density at radius 3 is 2.55 bits per heavy atom. The van der Waals surface area contributed by atoms with Crippen molar-refractivity contribution in [3.8, 4) is 0 Å². The average Bonchev–Trinajstić information content (AvgIpc) is 2.46. The first-order chi connectivity index (χ1) is 9.60. The minimum absolute atomic E-state index is 0.0892. The molecular weight excluding hydrogens is 320 g/mol. The maximum atomic E-state index is 12.0. The van der Waals surface area contributed by atoms with E-state index in [0.29, 0.717) is 12.1 Å². The highest BCUT2D eigenvalue weighted by Gasteiger charge is 2.07. The van der Waals surface area contributed by atoms with Crippen molar-refractivity contribution in [1.82, 2.24) is 10.6 Å². The van der Waals surface area contributed by atoms with Gasteiger partial charge in [0, 0.05) is 30.0 Å². The molecule has 0 fully saturated rings. The summed E-state index contributed by atoms with van der Waals surface area (Å²) in [7, 11) is 1.58. The Bertz CT molecular complexity index is 655. The Morgan fingerprint density at radius 2 is 1.80 bits per heavy atom. The third kappa shape index (κ3) is 3.57.